The summed E-state index contributed by atoms with van der Waals surface area (Å²) in [5, 5.41) is 28.0. The van der Waals surface area contributed by atoms with Gasteiger partial charge in [-0.3, -0.25) is 9.67 Å². The summed E-state index contributed by atoms with van der Waals surface area (Å²) in [6, 6.07) is 5.90. The Balaban J connectivity index is 1.64. The van der Waals surface area contributed by atoms with Gasteiger partial charge in [-0.1, -0.05) is 51.9 Å². The number of aliphatic carboxylic acids is 1. The van der Waals surface area contributed by atoms with Crippen molar-refractivity contribution in [3.63, 3.8) is 0 Å². The molecule has 0 amide bonds. The highest BCUT2D eigenvalue weighted by Gasteiger charge is 2.36. The SMILES string of the molecule is C=C(OCC)c1c(C2CCC(C(F)C(=O)O)CC2)nc2c(-c3ccc(-c4cnn(CCO)c4)nc3)cnn2c1N(COCC[Si](C)(C)C)COCC[Si](C)(C)C. The number of rotatable bonds is 21. The minimum atomic E-state index is -1.90. The Morgan fingerprint density at radius 3 is 2.20 bits per heavy atom. The molecule has 1 aliphatic carbocycles. The van der Waals surface area contributed by atoms with Crippen LogP contribution in [0.5, 0.6) is 0 Å². The van der Waals surface area contributed by atoms with Crippen LogP contribution in [0.1, 0.15) is 49.8 Å². The molecule has 0 saturated heterocycles. The van der Waals surface area contributed by atoms with E-state index in [1.807, 2.05) is 34.7 Å². The minimum Gasteiger partial charge on any atom is -0.494 e. The molecule has 1 atom stereocenters. The van der Waals surface area contributed by atoms with Crippen molar-refractivity contribution in [3.05, 3.63) is 54.8 Å². The number of alkyl halides is 1. The number of nitrogens with zero attached hydrogens (tertiary/aromatic N) is 7. The molecule has 1 fully saturated rings. The summed E-state index contributed by atoms with van der Waals surface area (Å²) in [6.45, 7) is 22.7. The first-order valence-electron chi connectivity index (χ1n) is 19.7. The largest absolute Gasteiger partial charge is 0.494 e. The van der Waals surface area contributed by atoms with Crippen LogP contribution in [0.15, 0.2) is 43.5 Å². The normalized spacial score (nSPS) is 16.9. The molecule has 1 aliphatic rings. The van der Waals surface area contributed by atoms with Crippen molar-refractivity contribution in [3.8, 4) is 22.4 Å². The lowest BCUT2D eigenvalue weighted by molar-refractivity contribution is -0.145. The van der Waals surface area contributed by atoms with E-state index in [4.69, 9.17) is 29.3 Å². The van der Waals surface area contributed by atoms with Crippen molar-refractivity contribution in [2.45, 2.75) is 103 Å². The molecule has 13 nitrogen and oxygen atoms in total. The molecule has 1 saturated carbocycles. The molecule has 1 unspecified atom stereocenters. The first kappa shape index (κ1) is 43.2. The Labute approximate surface area is 331 Å². The van der Waals surface area contributed by atoms with E-state index in [-0.39, 0.29) is 26.0 Å². The summed E-state index contributed by atoms with van der Waals surface area (Å²) in [7, 11) is -2.75. The van der Waals surface area contributed by atoms with Crippen LogP contribution in [0.3, 0.4) is 0 Å². The van der Waals surface area contributed by atoms with Gasteiger partial charge in [-0.05, 0) is 50.8 Å². The molecule has 0 spiro atoms. The van der Waals surface area contributed by atoms with Crippen molar-refractivity contribution >= 4 is 39.3 Å². The summed E-state index contributed by atoms with van der Waals surface area (Å²) in [6.07, 6.45) is 7.18. The van der Waals surface area contributed by atoms with E-state index in [0.29, 0.717) is 74.8 Å². The number of carbonyl (C=O) groups is 1. The van der Waals surface area contributed by atoms with E-state index in [2.05, 4.69) is 51.0 Å². The van der Waals surface area contributed by atoms with E-state index >= 15 is 0 Å². The number of aliphatic hydroxyl groups excluding tert-OH is 1. The van der Waals surface area contributed by atoms with Gasteiger partial charge in [-0.25, -0.2) is 14.2 Å². The van der Waals surface area contributed by atoms with E-state index in [1.54, 1.807) is 23.3 Å². The van der Waals surface area contributed by atoms with Crippen molar-refractivity contribution in [1.82, 2.24) is 29.4 Å². The predicted octanol–water partition coefficient (Wildman–Crippen LogP) is 7.78. The monoisotopic (exact) mass is 809 g/mol. The number of carboxylic acids is 1. The van der Waals surface area contributed by atoms with Crippen LogP contribution in [0, 0.1) is 5.92 Å². The van der Waals surface area contributed by atoms with Gasteiger partial charge in [0.05, 0.1) is 49.1 Å². The number of fused-ring (bicyclic) bond motifs is 1. The highest BCUT2D eigenvalue weighted by atomic mass is 28.3. The Bertz CT molecular complexity index is 1890. The number of hydrogen-bond acceptors (Lipinski definition) is 10. The highest BCUT2D eigenvalue weighted by molar-refractivity contribution is 6.76. The van der Waals surface area contributed by atoms with Crippen LogP contribution < -0.4 is 4.90 Å². The summed E-state index contributed by atoms with van der Waals surface area (Å²) in [5.74, 6) is -0.992. The van der Waals surface area contributed by atoms with Gasteiger partial charge in [0.2, 0.25) is 0 Å². The molecule has 56 heavy (non-hydrogen) atoms. The molecule has 16 heteroatoms. The molecule has 306 valence electrons. The van der Waals surface area contributed by atoms with Gasteiger partial charge in [0, 0.05) is 70.3 Å². The highest BCUT2D eigenvalue weighted by Crippen LogP contribution is 2.43. The Kier molecular flexibility index (Phi) is 14.6. The van der Waals surface area contributed by atoms with Gasteiger partial charge >= 0.3 is 5.97 Å². The topological polar surface area (TPSA) is 149 Å². The maximum absolute atomic E-state index is 14.7. The standard InChI is InChI=1S/C40H60FN7O6Si2/c1-9-54-28(2)35-37(30-12-10-29(11-13-30)36(41)40(50)51)45-38-33(31-14-15-34(42-22-31)32-23-43-47(25-32)16-17-49)24-44-48(38)39(35)46(26-52-18-20-55(3,4)5)27-53-19-21-56(6,7)8/h14-15,22-25,29-30,36,49H,2,9-13,16-21,26-27H2,1,3-8H3,(H,50,51). The maximum atomic E-state index is 14.7. The lowest BCUT2D eigenvalue weighted by Gasteiger charge is -2.33. The fourth-order valence-corrected chi connectivity index (χ4v) is 8.41. The molecule has 2 N–H and O–H groups in total. The summed E-state index contributed by atoms with van der Waals surface area (Å²) >= 11 is 0. The van der Waals surface area contributed by atoms with Gasteiger partial charge < -0.3 is 29.3 Å². The molecular formula is C40H60FN7O6Si2. The Morgan fingerprint density at radius 2 is 1.64 bits per heavy atom. The molecule has 0 aromatic carbocycles. The van der Waals surface area contributed by atoms with Gasteiger partial charge in [-0.2, -0.15) is 14.7 Å². The van der Waals surface area contributed by atoms with Crippen LogP contribution in [0.2, 0.25) is 51.4 Å². The number of hydrogen-bond donors (Lipinski definition) is 2. The smallest absolute Gasteiger partial charge is 0.338 e. The third kappa shape index (κ3) is 11.1. The second-order valence-electron chi connectivity index (χ2n) is 17.1. The number of anilines is 1. The zero-order valence-electron chi connectivity index (χ0n) is 34.1. The van der Waals surface area contributed by atoms with Gasteiger partial charge in [0.15, 0.2) is 11.8 Å². The average molecular weight is 810 g/mol. The summed E-state index contributed by atoms with van der Waals surface area (Å²) < 4.78 is 37.2. The van der Waals surface area contributed by atoms with Crippen molar-refractivity contribution in [2.24, 2.45) is 5.92 Å². The van der Waals surface area contributed by atoms with Gasteiger partial charge in [0.1, 0.15) is 25.0 Å². The molecule has 0 radical (unpaired) electrons. The second kappa shape index (κ2) is 19.0. The van der Waals surface area contributed by atoms with Crippen LogP contribution in [-0.2, 0) is 25.5 Å². The minimum absolute atomic E-state index is 0.00835. The van der Waals surface area contributed by atoms with E-state index < -0.39 is 34.2 Å². The third-order valence-corrected chi connectivity index (χ3v) is 13.6. The van der Waals surface area contributed by atoms with E-state index in [9.17, 15) is 19.4 Å². The Hall–Kier alpha value is -3.97. The Morgan fingerprint density at radius 1 is 0.982 bits per heavy atom. The average Bonchev–Trinajstić information content (AvgIpc) is 3.80. The van der Waals surface area contributed by atoms with Crippen molar-refractivity contribution < 1.29 is 33.6 Å². The van der Waals surface area contributed by atoms with Crippen LogP contribution in [-0.4, -0.2) is 108 Å². The zero-order chi connectivity index (χ0) is 40.6. The van der Waals surface area contributed by atoms with Crippen LogP contribution >= 0.6 is 0 Å². The quantitative estimate of drug-likeness (QED) is 0.0368. The lowest BCUT2D eigenvalue weighted by atomic mass is 9.77. The molecular weight excluding hydrogens is 750 g/mol. The fourth-order valence-electron chi connectivity index (χ4n) is 6.90. The van der Waals surface area contributed by atoms with Gasteiger partial charge in [-0.15, -0.1) is 0 Å². The maximum Gasteiger partial charge on any atom is 0.338 e. The van der Waals surface area contributed by atoms with Gasteiger partial charge in [0.25, 0.3) is 0 Å². The van der Waals surface area contributed by atoms with Crippen LogP contribution in [0.4, 0.5) is 10.2 Å². The number of carboxylic acid groups (broad SMARTS) is 1. The summed E-state index contributed by atoms with van der Waals surface area (Å²) in [4.78, 5) is 23.7. The fraction of sp³-hybridized carbons (Fsp3) is 0.575. The number of halogens is 1. The number of aliphatic hydroxyl groups is 1. The predicted molar refractivity (Wildman–Crippen MR) is 223 cm³/mol. The summed E-state index contributed by atoms with van der Waals surface area (Å²) in [5.41, 5.74) is 5.16. The molecule has 0 bridgehead atoms. The second-order valence-corrected chi connectivity index (χ2v) is 28.3. The van der Waals surface area contributed by atoms with Crippen LogP contribution in [0.25, 0.3) is 33.8 Å². The number of ether oxygens (including phenoxy) is 3. The third-order valence-electron chi connectivity index (χ3n) is 10.2. The lowest BCUT2D eigenvalue weighted by Crippen LogP contribution is -2.35. The van der Waals surface area contributed by atoms with Crippen molar-refractivity contribution in [2.75, 3.05) is 44.8 Å². The first-order valence-corrected chi connectivity index (χ1v) is 27.1. The molecule has 0 aliphatic heterocycles. The number of aromatic nitrogens is 6. The van der Waals surface area contributed by atoms with E-state index in [0.717, 1.165) is 40.2 Å². The molecule has 4 aromatic rings. The molecule has 4 heterocycles. The van der Waals surface area contributed by atoms with Crippen molar-refractivity contribution in [1.29, 1.82) is 0 Å². The first-order chi connectivity index (χ1) is 26.6. The molecule has 5 rings (SSSR count). The van der Waals surface area contributed by atoms with E-state index in [1.165, 1.54) is 0 Å². The zero-order valence-corrected chi connectivity index (χ0v) is 36.1. The molecule has 4 aromatic heterocycles. The number of pyridine rings is 1.